The Hall–Kier alpha value is -2.46. The van der Waals surface area contributed by atoms with Crippen LogP contribution in [0.15, 0.2) is 36.4 Å². The van der Waals surface area contributed by atoms with Gasteiger partial charge in [0.05, 0.1) is 17.8 Å². The molecule has 0 saturated heterocycles. The summed E-state index contributed by atoms with van der Waals surface area (Å²) < 4.78 is 14.2. The fourth-order valence-electron chi connectivity index (χ4n) is 2.53. The molecular formula is C18H16FNO2. The monoisotopic (exact) mass is 297 g/mol. The minimum atomic E-state index is -0.558. The Kier molecular flexibility index (Phi) is 3.54. The van der Waals surface area contributed by atoms with Crippen molar-refractivity contribution in [2.24, 2.45) is 0 Å². The van der Waals surface area contributed by atoms with Gasteiger partial charge in [-0.25, -0.2) is 9.37 Å². The summed E-state index contributed by atoms with van der Waals surface area (Å²) in [6.45, 7) is 3.43. The molecule has 0 saturated carbocycles. The normalized spacial score (nSPS) is 11.1. The average Bonchev–Trinajstić information content (AvgIpc) is 2.49. The zero-order chi connectivity index (χ0) is 15.9. The molecule has 0 aliphatic heterocycles. The molecule has 112 valence electrons. The van der Waals surface area contributed by atoms with Crippen molar-refractivity contribution in [3.63, 3.8) is 0 Å². The molecule has 0 spiro atoms. The number of aliphatic hydroxyl groups excluding tert-OH is 1. The standard InChI is InChI=1S/C18H16FNO2/c1-10-3-4-12-7-13(9-21)18(20-16(12)5-10)14-6-11(2)17(22)8-15(14)19/h3-8,21-22H,9H2,1-2H3. The number of hydrogen-bond acceptors (Lipinski definition) is 3. The second-order valence-electron chi connectivity index (χ2n) is 5.47. The van der Waals surface area contributed by atoms with E-state index in [-0.39, 0.29) is 17.9 Å². The molecule has 0 unspecified atom stereocenters. The molecule has 4 heteroatoms. The maximum Gasteiger partial charge on any atom is 0.136 e. The molecule has 2 N–H and O–H groups in total. The maximum absolute atomic E-state index is 14.2. The number of halogens is 1. The van der Waals surface area contributed by atoms with E-state index in [2.05, 4.69) is 4.98 Å². The highest BCUT2D eigenvalue weighted by atomic mass is 19.1. The number of aliphatic hydroxyl groups is 1. The van der Waals surface area contributed by atoms with Gasteiger partial charge in [-0.3, -0.25) is 0 Å². The van der Waals surface area contributed by atoms with E-state index >= 15 is 0 Å². The number of aromatic nitrogens is 1. The number of fused-ring (bicyclic) bond motifs is 1. The fraction of sp³-hybridized carbons (Fsp3) is 0.167. The average molecular weight is 297 g/mol. The van der Waals surface area contributed by atoms with E-state index in [9.17, 15) is 14.6 Å². The van der Waals surface area contributed by atoms with Gasteiger partial charge < -0.3 is 10.2 Å². The van der Waals surface area contributed by atoms with E-state index < -0.39 is 5.82 Å². The second-order valence-corrected chi connectivity index (χ2v) is 5.47. The van der Waals surface area contributed by atoms with Gasteiger partial charge >= 0.3 is 0 Å². The minimum absolute atomic E-state index is 0.0940. The second kappa shape index (κ2) is 5.39. The van der Waals surface area contributed by atoms with Crippen LogP contribution in [0.4, 0.5) is 4.39 Å². The van der Waals surface area contributed by atoms with Crippen molar-refractivity contribution in [3.05, 3.63) is 58.9 Å². The summed E-state index contributed by atoms with van der Waals surface area (Å²) in [6.07, 6.45) is 0. The molecular weight excluding hydrogens is 281 g/mol. The third kappa shape index (κ3) is 2.42. The van der Waals surface area contributed by atoms with Crippen LogP contribution in [0.3, 0.4) is 0 Å². The zero-order valence-electron chi connectivity index (χ0n) is 12.4. The quantitative estimate of drug-likeness (QED) is 0.755. The smallest absolute Gasteiger partial charge is 0.136 e. The van der Waals surface area contributed by atoms with Crippen molar-refractivity contribution < 1.29 is 14.6 Å². The molecule has 2 aromatic carbocycles. The molecule has 3 aromatic rings. The molecule has 0 atom stereocenters. The first-order chi connectivity index (χ1) is 10.5. The van der Waals surface area contributed by atoms with Crippen molar-refractivity contribution in [1.29, 1.82) is 0 Å². The summed E-state index contributed by atoms with van der Waals surface area (Å²) in [5.74, 6) is -0.652. The lowest BCUT2D eigenvalue weighted by Crippen LogP contribution is -1.97. The van der Waals surface area contributed by atoms with Gasteiger partial charge in [0.25, 0.3) is 0 Å². The van der Waals surface area contributed by atoms with Crippen LogP contribution in [0.25, 0.3) is 22.2 Å². The van der Waals surface area contributed by atoms with Crippen LogP contribution in [0.2, 0.25) is 0 Å². The molecule has 0 amide bonds. The lowest BCUT2D eigenvalue weighted by atomic mass is 10.0. The molecule has 3 nitrogen and oxygen atoms in total. The van der Waals surface area contributed by atoms with E-state index in [1.165, 1.54) is 0 Å². The van der Waals surface area contributed by atoms with E-state index in [1.807, 2.05) is 31.2 Å². The lowest BCUT2D eigenvalue weighted by molar-refractivity contribution is 0.282. The molecule has 1 aromatic heterocycles. The number of hydrogen-bond donors (Lipinski definition) is 2. The predicted octanol–water partition coefficient (Wildman–Crippen LogP) is 3.86. The molecule has 0 radical (unpaired) electrons. The number of aryl methyl sites for hydroxylation is 2. The van der Waals surface area contributed by atoms with Crippen LogP contribution < -0.4 is 0 Å². The van der Waals surface area contributed by atoms with Gasteiger partial charge in [0.15, 0.2) is 0 Å². The van der Waals surface area contributed by atoms with E-state index in [4.69, 9.17) is 0 Å². The van der Waals surface area contributed by atoms with E-state index in [0.717, 1.165) is 22.5 Å². The van der Waals surface area contributed by atoms with Crippen molar-refractivity contribution in [2.75, 3.05) is 0 Å². The largest absolute Gasteiger partial charge is 0.508 e. The molecule has 22 heavy (non-hydrogen) atoms. The molecule has 0 bridgehead atoms. The van der Waals surface area contributed by atoms with Gasteiger partial charge in [0.2, 0.25) is 0 Å². The number of phenolic OH excluding ortho intramolecular Hbond substituents is 1. The Bertz CT molecular complexity index is 875. The summed E-state index contributed by atoms with van der Waals surface area (Å²) in [7, 11) is 0. The molecule has 3 rings (SSSR count). The van der Waals surface area contributed by atoms with Gasteiger partial charge in [-0.1, -0.05) is 12.1 Å². The number of benzene rings is 2. The number of aromatic hydroxyl groups is 1. The molecule has 0 aliphatic rings. The first-order valence-corrected chi connectivity index (χ1v) is 7.00. The van der Waals surface area contributed by atoms with Gasteiger partial charge in [0.1, 0.15) is 11.6 Å². The van der Waals surface area contributed by atoms with Crippen LogP contribution in [-0.2, 0) is 6.61 Å². The molecule has 1 heterocycles. The third-order valence-electron chi connectivity index (χ3n) is 3.76. The highest BCUT2D eigenvalue weighted by molar-refractivity contribution is 5.84. The van der Waals surface area contributed by atoms with Gasteiger partial charge in [0, 0.05) is 22.6 Å². The highest BCUT2D eigenvalue weighted by Gasteiger charge is 2.15. The third-order valence-corrected chi connectivity index (χ3v) is 3.76. The van der Waals surface area contributed by atoms with Crippen LogP contribution in [-0.4, -0.2) is 15.2 Å². The number of rotatable bonds is 2. The molecule has 0 aliphatic carbocycles. The zero-order valence-corrected chi connectivity index (χ0v) is 12.4. The number of nitrogens with zero attached hydrogens (tertiary/aromatic N) is 1. The summed E-state index contributed by atoms with van der Waals surface area (Å²) >= 11 is 0. The van der Waals surface area contributed by atoms with Gasteiger partial charge in [-0.2, -0.15) is 0 Å². The van der Waals surface area contributed by atoms with Gasteiger partial charge in [-0.15, -0.1) is 0 Å². The number of phenols is 1. The molecule has 0 fully saturated rings. The van der Waals surface area contributed by atoms with Crippen molar-refractivity contribution in [1.82, 2.24) is 4.98 Å². The summed E-state index contributed by atoms with van der Waals surface area (Å²) in [5.41, 5.74) is 3.61. The summed E-state index contributed by atoms with van der Waals surface area (Å²) in [6, 6.07) is 10.3. The van der Waals surface area contributed by atoms with Crippen LogP contribution >= 0.6 is 0 Å². The van der Waals surface area contributed by atoms with Crippen LogP contribution in [0.5, 0.6) is 5.75 Å². The SMILES string of the molecule is Cc1ccc2cc(CO)c(-c3cc(C)c(O)cc3F)nc2c1. The first kappa shape index (κ1) is 14.5. The van der Waals surface area contributed by atoms with E-state index in [1.54, 1.807) is 13.0 Å². The van der Waals surface area contributed by atoms with Gasteiger partial charge in [-0.05, 0) is 43.2 Å². The minimum Gasteiger partial charge on any atom is -0.508 e. The number of pyridine rings is 1. The summed E-state index contributed by atoms with van der Waals surface area (Å²) in [5, 5.41) is 20.1. The van der Waals surface area contributed by atoms with Crippen molar-refractivity contribution >= 4 is 10.9 Å². The fourth-order valence-corrected chi connectivity index (χ4v) is 2.53. The highest BCUT2D eigenvalue weighted by Crippen LogP contribution is 2.31. The topological polar surface area (TPSA) is 53.4 Å². The Balaban J connectivity index is 2.31. The maximum atomic E-state index is 14.2. The van der Waals surface area contributed by atoms with Crippen molar-refractivity contribution in [3.8, 4) is 17.0 Å². The summed E-state index contributed by atoms with van der Waals surface area (Å²) in [4.78, 5) is 4.53. The van der Waals surface area contributed by atoms with Crippen LogP contribution in [0, 0.1) is 19.7 Å². The van der Waals surface area contributed by atoms with Crippen molar-refractivity contribution in [2.45, 2.75) is 20.5 Å². The predicted molar refractivity (Wildman–Crippen MR) is 84.2 cm³/mol. The Labute approximate surface area is 127 Å². The first-order valence-electron chi connectivity index (χ1n) is 7.00. The van der Waals surface area contributed by atoms with Crippen LogP contribution in [0.1, 0.15) is 16.7 Å². The lowest BCUT2D eigenvalue weighted by Gasteiger charge is -2.12. The Morgan fingerprint density at radius 3 is 2.59 bits per heavy atom. The Morgan fingerprint density at radius 2 is 1.86 bits per heavy atom. The Morgan fingerprint density at radius 1 is 1.09 bits per heavy atom. The van der Waals surface area contributed by atoms with E-state index in [0.29, 0.717) is 16.8 Å².